The fourth-order valence-corrected chi connectivity index (χ4v) is 2.50. The molecule has 18 heavy (non-hydrogen) atoms. The molecule has 2 aliphatic heterocycles. The van der Waals surface area contributed by atoms with Gasteiger partial charge in [0.2, 0.25) is 0 Å². The van der Waals surface area contributed by atoms with Crippen LogP contribution in [0.1, 0.15) is 13.3 Å². The summed E-state index contributed by atoms with van der Waals surface area (Å²) in [6, 6.07) is 6.85. The van der Waals surface area contributed by atoms with Gasteiger partial charge in [-0.15, -0.1) is 0 Å². The Bertz CT molecular complexity index is 422. The van der Waals surface area contributed by atoms with Crippen molar-refractivity contribution in [1.29, 1.82) is 0 Å². The van der Waals surface area contributed by atoms with E-state index in [0.717, 1.165) is 31.1 Å². The zero-order valence-electron chi connectivity index (χ0n) is 10.8. The van der Waals surface area contributed by atoms with Gasteiger partial charge < -0.3 is 19.7 Å². The number of benzene rings is 1. The minimum atomic E-state index is 0.604. The van der Waals surface area contributed by atoms with Gasteiger partial charge in [-0.2, -0.15) is 0 Å². The molecule has 98 valence electrons. The third-order valence-electron chi connectivity index (χ3n) is 3.60. The van der Waals surface area contributed by atoms with Gasteiger partial charge >= 0.3 is 0 Å². The Kier molecular flexibility index (Phi) is 3.28. The van der Waals surface area contributed by atoms with Gasteiger partial charge in [-0.3, -0.25) is 0 Å². The molecule has 0 saturated carbocycles. The fraction of sp³-hybridized carbons (Fsp3) is 0.571. The summed E-state index contributed by atoms with van der Waals surface area (Å²) in [7, 11) is 0. The van der Waals surface area contributed by atoms with Crippen LogP contribution in [0.3, 0.4) is 0 Å². The molecular formula is C14H20N2O2. The van der Waals surface area contributed by atoms with Crippen molar-refractivity contribution in [1.82, 2.24) is 5.32 Å². The van der Waals surface area contributed by atoms with Crippen LogP contribution in [-0.2, 0) is 0 Å². The lowest BCUT2D eigenvalue weighted by Crippen LogP contribution is -2.29. The molecule has 4 nitrogen and oxygen atoms in total. The van der Waals surface area contributed by atoms with Crippen molar-refractivity contribution in [2.24, 2.45) is 0 Å². The molecule has 1 aromatic rings. The van der Waals surface area contributed by atoms with Gasteiger partial charge in [-0.25, -0.2) is 0 Å². The summed E-state index contributed by atoms with van der Waals surface area (Å²) in [5.41, 5.74) is 1.23. The first-order valence-electron chi connectivity index (χ1n) is 6.71. The summed E-state index contributed by atoms with van der Waals surface area (Å²) >= 11 is 0. The van der Waals surface area contributed by atoms with Crippen molar-refractivity contribution in [3.63, 3.8) is 0 Å². The first kappa shape index (κ1) is 11.7. The lowest BCUT2D eigenvalue weighted by atomic mass is 10.2. The molecule has 4 heteroatoms. The maximum absolute atomic E-state index is 5.64. The van der Waals surface area contributed by atoms with E-state index in [2.05, 4.69) is 29.3 Å². The SMILES string of the molecule is CC1CCN(c2ccc3c(c2)OCCO3)CCN1. The van der Waals surface area contributed by atoms with Crippen molar-refractivity contribution in [3.8, 4) is 11.5 Å². The van der Waals surface area contributed by atoms with Crippen molar-refractivity contribution in [3.05, 3.63) is 18.2 Å². The van der Waals surface area contributed by atoms with Crippen molar-refractivity contribution >= 4 is 5.69 Å². The number of ether oxygens (including phenoxy) is 2. The highest BCUT2D eigenvalue weighted by Gasteiger charge is 2.17. The van der Waals surface area contributed by atoms with Gasteiger partial charge in [0.05, 0.1) is 0 Å². The van der Waals surface area contributed by atoms with Crippen molar-refractivity contribution < 1.29 is 9.47 Å². The molecule has 0 bridgehead atoms. The summed E-state index contributed by atoms with van der Waals surface area (Å²) in [5, 5.41) is 3.51. The van der Waals surface area contributed by atoms with E-state index >= 15 is 0 Å². The number of anilines is 1. The minimum absolute atomic E-state index is 0.604. The number of hydrogen-bond acceptors (Lipinski definition) is 4. The van der Waals surface area contributed by atoms with E-state index in [-0.39, 0.29) is 0 Å². The zero-order valence-corrected chi connectivity index (χ0v) is 10.8. The molecule has 1 atom stereocenters. The largest absolute Gasteiger partial charge is 0.486 e. The van der Waals surface area contributed by atoms with E-state index in [0.29, 0.717) is 19.3 Å². The molecule has 1 aromatic carbocycles. The maximum Gasteiger partial charge on any atom is 0.163 e. The molecular weight excluding hydrogens is 228 g/mol. The lowest BCUT2D eigenvalue weighted by molar-refractivity contribution is 0.171. The normalized spacial score (nSPS) is 23.6. The van der Waals surface area contributed by atoms with Crippen LogP contribution in [-0.4, -0.2) is 38.9 Å². The highest BCUT2D eigenvalue weighted by Crippen LogP contribution is 2.34. The van der Waals surface area contributed by atoms with E-state index in [1.54, 1.807) is 0 Å². The Morgan fingerprint density at radius 1 is 1.17 bits per heavy atom. The fourth-order valence-electron chi connectivity index (χ4n) is 2.50. The standard InChI is InChI=1S/C14H20N2O2/c1-11-4-6-16(7-5-15-11)12-2-3-13-14(10-12)18-9-8-17-13/h2-3,10-11,15H,4-9H2,1H3. The Labute approximate surface area is 108 Å². The molecule has 2 heterocycles. The number of nitrogens with one attached hydrogen (secondary N) is 1. The molecule has 0 aromatic heterocycles. The summed E-state index contributed by atoms with van der Waals surface area (Å²) < 4.78 is 11.2. The Morgan fingerprint density at radius 2 is 2.00 bits per heavy atom. The van der Waals surface area contributed by atoms with Crippen LogP contribution in [0.4, 0.5) is 5.69 Å². The molecule has 0 aliphatic carbocycles. The van der Waals surface area contributed by atoms with E-state index in [1.165, 1.54) is 12.1 Å². The summed E-state index contributed by atoms with van der Waals surface area (Å²) in [6.45, 7) is 6.72. The topological polar surface area (TPSA) is 33.7 Å². The van der Waals surface area contributed by atoms with E-state index < -0.39 is 0 Å². The summed E-state index contributed by atoms with van der Waals surface area (Å²) in [4.78, 5) is 2.41. The van der Waals surface area contributed by atoms with E-state index in [4.69, 9.17) is 9.47 Å². The van der Waals surface area contributed by atoms with Crippen LogP contribution >= 0.6 is 0 Å². The molecule has 1 unspecified atom stereocenters. The Hall–Kier alpha value is -1.42. The quantitative estimate of drug-likeness (QED) is 0.819. The number of rotatable bonds is 1. The molecule has 1 saturated heterocycles. The number of nitrogens with zero attached hydrogens (tertiary/aromatic N) is 1. The van der Waals surface area contributed by atoms with E-state index in [1.807, 2.05) is 6.07 Å². The van der Waals surface area contributed by atoms with Crippen LogP contribution in [0.15, 0.2) is 18.2 Å². The molecule has 0 spiro atoms. The van der Waals surface area contributed by atoms with Gasteiger partial charge in [0.15, 0.2) is 11.5 Å². The van der Waals surface area contributed by atoms with Crippen LogP contribution in [0, 0.1) is 0 Å². The summed E-state index contributed by atoms with van der Waals surface area (Å²) in [6.07, 6.45) is 1.18. The second kappa shape index (κ2) is 5.06. The van der Waals surface area contributed by atoms with Gasteiger partial charge in [-0.1, -0.05) is 0 Å². The molecule has 3 rings (SSSR count). The third-order valence-corrected chi connectivity index (χ3v) is 3.60. The lowest BCUT2D eigenvalue weighted by Gasteiger charge is -2.25. The second-order valence-electron chi connectivity index (χ2n) is 4.96. The van der Waals surface area contributed by atoms with Crippen LogP contribution in [0.2, 0.25) is 0 Å². The Morgan fingerprint density at radius 3 is 2.89 bits per heavy atom. The Balaban J connectivity index is 1.79. The highest BCUT2D eigenvalue weighted by molar-refractivity contribution is 5.57. The van der Waals surface area contributed by atoms with Gasteiger partial charge in [0.1, 0.15) is 13.2 Å². The third kappa shape index (κ3) is 2.38. The first-order chi connectivity index (χ1) is 8.83. The monoisotopic (exact) mass is 248 g/mol. The predicted molar refractivity (Wildman–Crippen MR) is 71.7 cm³/mol. The smallest absolute Gasteiger partial charge is 0.163 e. The number of hydrogen-bond donors (Lipinski definition) is 1. The molecule has 1 fully saturated rings. The van der Waals surface area contributed by atoms with Gasteiger partial charge in [0.25, 0.3) is 0 Å². The average Bonchev–Trinajstić information content (AvgIpc) is 2.63. The predicted octanol–water partition coefficient (Wildman–Crippen LogP) is 1.65. The van der Waals surface area contributed by atoms with Gasteiger partial charge in [0, 0.05) is 37.4 Å². The maximum atomic E-state index is 5.64. The average molecular weight is 248 g/mol. The summed E-state index contributed by atoms with van der Waals surface area (Å²) in [5.74, 6) is 1.75. The minimum Gasteiger partial charge on any atom is -0.486 e. The molecule has 0 radical (unpaired) electrons. The van der Waals surface area contributed by atoms with Crippen molar-refractivity contribution in [2.75, 3.05) is 37.7 Å². The van der Waals surface area contributed by atoms with Crippen LogP contribution < -0.4 is 19.7 Å². The van der Waals surface area contributed by atoms with Crippen molar-refractivity contribution in [2.45, 2.75) is 19.4 Å². The number of fused-ring (bicyclic) bond motifs is 1. The molecule has 1 N–H and O–H groups in total. The van der Waals surface area contributed by atoms with Crippen LogP contribution in [0.5, 0.6) is 11.5 Å². The first-order valence-corrected chi connectivity index (χ1v) is 6.71. The molecule has 0 amide bonds. The van der Waals surface area contributed by atoms with E-state index in [9.17, 15) is 0 Å². The van der Waals surface area contributed by atoms with Crippen LogP contribution in [0.25, 0.3) is 0 Å². The second-order valence-corrected chi connectivity index (χ2v) is 4.96. The zero-order chi connectivity index (χ0) is 12.4. The van der Waals surface area contributed by atoms with Gasteiger partial charge in [-0.05, 0) is 25.5 Å². The molecule has 2 aliphatic rings. The highest BCUT2D eigenvalue weighted by atomic mass is 16.6.